The molecule has 92 valence electrons. The number of benzene rings is 1. The summed E-state index contributed by atoms with van der Waals surface area (Å²) >= 11 is 0. The zero-order valence-electron chi connectivity index (χ0n) is 10.7. The molecular weight excluding hydrogens is 208 g/mol. The fourth-order valence-corrected chi connectivity index (χ4v) is 3.39. The average molecular weight is 230 g/mol. The van der Waals surface area contributed by atoms with Crippen molar-refractivity contribution in [3.8, 4) is 0 Å². The zero-order valence-corrected chi connectivity index (χ0v) is 10.7. The molecule has 1 aromatic carbocycles. The Morgan fingerprint density at radius 2 is 2.12 bits per heavy atom. The predicted octanol–water partition coefficient (Wildman–Crippen LogP) is 2.72. The maximum absolute atomic E-state index is 3.69. The molecule has 0 spiro atoms. The van der Waals surface area contributed by atoms with Gasteiger partial charge in [0, 0.05) is 30.9 Å². The lowest BCUT2D eigenvalue weighted by Gasteiger charge is -2.46. The van der Waals surface area contributed by atoms with Crippen LogP contribution in [0.5, 0.6) is 0 Å². The predicted molar refractivity (Wildman–Crippen MR) is 72.6 cm³/mol. The van der Waals surface area contributed by atoms with Crippen LogP contribution in [0.3, 0.4) is 0 Å². The molecule has 2 nitrogen and oxygen atoms in total. The Balaban J connectivity index is 1.85. The van der Waals surface area contributed by atoms with Gasteiger partial charge in [-0.1, -0.05) is 25.0 Å². The summed E-state index contributed by atoms with van der Waals surface area (Å²) in [4.78, 5) is 2.63. The van der Waals surface area contributed by atoms with Gasteiger partial charge in [0.05, 0.1) is 0 Å². The van der Waals surface area contributed by atoms with Crippen molar-refractivity contribution in [2.45, 2.75) is 44.7 Å². The molecule has 2 aliphatic rings. The quantitative estimate of drug-likeness (QED) is 0.798. The largest absolute Gasteiger partial charge is 0.366 e. The maximum atomic E-state index is 3.69. The van der Waals surface area contributed by atoms with Crippen molar-refractivity contribution in [2.24, 2.45) is 0 Å². The third-order valence-corrected chi connectivity index (χ3v) is 4.22. The summed E-state index contributed by atoms with van der Waals surface area (Å²) in [7, 11) is 0. The number of nitrogens with one attached hydrogen (secondary N) is 1. The first kappa shape index (κ1) is 11.1. The van der Waals surface area contributed by atoms with E-state index in [1.54, 1.807) is 0 Å². The highest BCUT2D eigenvalue weighted by Crippen LogP contribution is 2.29. The van der Waals surface area contributed by atoms with E-state index in [-0.39, 0.29) is 0 Å². The highest BCUT2D eigenvalue weighted by atomic mass is 15.2. The molecule has 1 saturated carbocycles. The van der Waals surface area contributed by atoms with Crippen LogP contribution in [0.15, 0.2) is 24.3 Å². The Kier molecular flexibility index (Phi) is 3.06. The fourth-order valence-electron chi connectivity index (χ4n) is 3.39. The monoisotopic (exact) mass is 230 g/mol. The van der Waals surface area contributed by atoms with E-state index in [0.717, 1.165) is 25.2 Å². The van der Waals surface area contributed by atoms with Crippen molar-refractivity contribution in [1.29, 1.82) is 0 Å². The lowest BCUT2D eigenvalue weighted by atomic mass is 9.87. The van der Waals surface area contributed by atoms with Gasteiger partial charge in [-0.15, -0.1) is 0 Å². The Morgan fingerprint density at radius 1 is 1.24 bits per heavy atom. The molecular formula is C15H22N2. The van der Waals surface area contributed by atoms with Gasteiger partial charge >= 0.3 is 0 Å². The van der Waals surface area contributed by atoms with Crippen molar-refractivity contribution in [3.05, 3.63) is 29.8 Å². The normalized spacial score (nSPS) is 28.9. The van der Waals surface area contributed by atoms with Gasteiger partial charge < -0.3 is 10.2 Å². The van der Waals surface area contributed by atoms with Gasteiger partial charge in [-0.25, -0.2) is 0 Å². The van der Waals surface area contributed by atoms with Crippen LogP contribution < -0.4 is 10.2 Å². The Labute approximate surface area is 104 Å². The Hall–Kier alpha value is -1.02. The van der Waals surface area contributed by atoms with Crippen molar-refractivity contribution in [2.75, 3.05) is 18.0 Å². The van der Waals surface area contributed by atoms with E-state index in [9.17, 15) is 0 Å². The van der Waals surface area contributed by atoms with Crippen LogP contribution in [0.4, 0.5) is 5.69 Å². The van der Waals surface area contributed by atoms with Crippen molar-refractivity contribution in [1.82, 2.24) is 5.32 Å². The van der Waals surface area contributed by atoms with Gasteiger partial charge in [0.25, 0.3) is 0 Å². The fraction of sp³-hybridized carbons (Fsp3) is 0.600. The topological polar surface area (TPSA) is 15.3 Å². The molecule has 1 saturated heterocycles. The van der Waals surface area contributed by atoms with Gasteiger partial charge in [0.2, 0.25) is 0 Å². The Morgan fingerprint density at radius 3 is 3.00 bits per heavy atom. The number of aryl methyl sites for hydroxylation is 1. The van der Waals surface area contributed by atoms with Gasteiger partial charge in [0.1, 0.15) is 0 Å². The molecule has 2 atom stereocenters. The molecule has 1 aromatic rings. The number of rotatable bonds is 1. The highest BCUT2D eigenvalue weighted by molar-refractivity contribution is 5.50. The number of nitrogens with zero attached hydrogens (tertiary/aromatic N) is 1. The van der Waals surface area contributed by atoms with Crippen LogP contribution in [-0.2, 0) is 0 Å². The molecule has 1 heterocycles. The van der Waals surface area contributed by atoms with Crippen molar-refractivity contribution >= 4 is 5.69 Å². The molecule has 0 amide bonds. The molecule has 2 heteroatoms. The molecule has 3 rings (SSSR count). The number of hydrogen-bond donors (Lipinski definition) is 1. The van der Waals surface area contributed by atoms with E-state index in [1.807, 2.05) is 0 Å². The molecule has 17 heavy (non-hydrogen) atoms. The first-order valence-corrected chi connectivity index (χ1v) is 6.91. The average Bonchev–Trinajstić information content (AvgIpc) is 2.38. The highest BCUT2D eigenvalue weighted by Gasteiger charge is 2.32. The van der Waals surface area contributed by atoms with Gasteiger partial charge in [-0.05, 0) is 37.5 Å². The van der Waals surface area contributed by atoms with Crippen molar-refractivity contribution < 1.29 is 0 Å². The third-order valence-electron chi connectivity index (χ3n) is 4.22. The Bertz CT molecular complexity index is 386. The number of fused-ring (bicyclic) bond motifs is 1. The minimum Gasteiger partial charge on any atom is -0.366 e. The van der Waals surface area contributed by atoms with Gasteiger partial charge in [0.15, 0.2) is 0 Å². The second-order valence-electron chi connectivity index (χ2n) is 5.44. The molecule has 0 radical (unpaired) electrons. The number of anilines is 1. The first-order chi connectivity index (χ1) is 8.34. The summed E-state index contributed by atoms with van der Waals surface area (Å²) in [5, 5.41) is 3.69. The van der Waals surface area contributed by atoms with E-state index in [1.165, 1.54) is 36.9 Å². The smallest absolute Gasteiger partial charge is 0.0443 e. The summed E-state index contributed by atoms with van der Waals surface area (Å²) in [5.74, 6) is 0. The SMILES string of the molecule is Cc1cccc(N2CCN[C@@H]3CCCC[C@@H]32)c1. The second kappa shape index (κ2) is 4.69. The maximum Gasteiger partial charge on any atom is 0.0443 e. The van der Waals surface area contributed by atoms with Gasteiger partial charge in [-0.3, -0.25) is 0 Å². The molecule has 2 fully saturated rings. The zero-order chi connectivity index (χ0) is 11.7. The van der Waals surface area contributed by atoms with E-state index >= 15 is 0 Å². The minimum atomic E-state index is 0.720. The van der Waals surface area contributed by atoms with E-state index in [2.05, 4.69) is 41.4 Å². The standard InChI is InChI=1S/C15H22N2/c1-12-5-4-6-13(11-12)17-10-9-16-14-7-2-3-8-15(14)17/h4-6,11,14-16H,2-3,7-10H2,1H3/t14-,15+/m1/s1. The molecule has 1 aliphatic heterocycles. The first-order valence-electron chi connectivity index (χ1n) is 6.91. The van der Waals surface area contributed by atoms with Crippen LogP contribution in [0, 0.1) is 6.92 Å². The van der Waals surface area contributed by atoms with Crippen LogP contribution in [0.25, 0.3) is 0 Å². The number of piperazine rings is 1. The molecule has 0 unspecified atom stereocenters. The van der Waals surface area contributed by atoms with Gasteiger partial charge in [-0.2, -0.15) is 0 Å². The lowest BCUT2D eigenvalue weighted by Crippen LogP contribution is -2.59. The van der Waals surface area contributed by atoms with Crippen LogP contribution in [0.1, 0.15) is 31.2 Å². The van der Waals surface area contributed by atoms with Crippen molar-refractivity contribution in [3.63, 3.8) is 0 Å². The lowest BCUT2D eigenvalue weighted by molar-refractivity contribution is 0.284. The van der Waals surface area contributed by atoms with Crippen LogP contribution in [0.2, 0.25) is 0 Å². The van der Waals surface area contributed by atoms with Crippen LogP contribution >= 0.6 is 0 Å². The van der Waals surface area contributed by atoms with E-state index in [4.69, 9.17) is 0 Å². The molecule has 0 aromatic heterocycles. The van der Waals surface area contributed by atoms with E-state index < -0.39 is 0 Å². The summed E-state index contributed by atoms with van der Waals surface area (Å²) < 4.78 is 0. The third kappa shape index (κ3) is 2.19. The summed E-state index contributed by atoms with van der Waals surface area (Å²) in [6.07, 6.45) is 5.50. The molecule has 1 aliphatic carbocycles. The van der Waals surface area contributed by atoms with Crippen LogP contribution in [-0.4, -0.2) is 25.2 Å². The summed E-state index contributed by atoms with van der Waals surface area (Å²) in [6.45, 7) is 4.48. The minimum absolute atomic E-state index is 0.720. The van der Waals surface area contributed by atoms with E-state index in [0.29, 0.717) is 0 Å². The summed E-state index contributed by atoms with van der Waals surface area (Å²) in [6, 6.07) is 10.4. The second-order valence-corrected chi connectivity index (χ2v) is 5.44. The molecule has 1 N–H and O–H groups in total. The summed E-state index contributed by atoms with van der Waals surface area (Å²) in [5.41, 5.74) is 2.79. The number of hydrogen-bond acceptors (Lipinski definition) is 2. The molecule has 0 bridgehead atoms.